The number of hydrogen-bond donors (Lipinski definition) is 1. The Morgan fingerprint density at radius 1 is 1.47 bits per heavy atom. The third kappa shape index (κ3) is 4.76. The summed E-state index contributed by atoms with van der Waals surface area (Å²) in [6.45, 7) is 1.45. The van der Waals surface area contributed by atoms with Gasteiger partial charge >= 0.3 is 0 Å². The lowest BCUT2D eigenvalue weighted by molar-refractivity contribution is -0.119. The monoisotopic (exact) mass is 281 g/mol. The summed E-state index contributed by atoms with van der Waals surface area (Å²) < 4.78 is 10.5. The van der Waals surface area contributed by atoms with Gasteiger partial charge in [-0.15, -0.1) is 11.8 Å². The summed E-state index contributed by atoms with van der Waals surface area (Å²) in [5.74, 6) is 1.31. The molecular formula is C14H19NO3S. The van der Waals surface area contributed by atoms with Crippen molar-refractivity contribution in [1.82, 2.24) is 5.32 Å². The van der Waals surface area contributed by atoms with Crippen molar-refractivity contribution < 1.29 is 14.3 Å². The summed E-state index contributed by atoms with van der Waals surface area (Å²) in [5, 5.41) is 2.91. The number of carbonyl (C=O) groups excluding carboxylic acids is 1. The van der Waals surface area contributed by atoms with Crippen molar-refractivity contribution in [2.24, 2.45) is 0 Å². The quantitative estimate of drug-likeness (QED) is 0.811. The van der Waals surface area contributed by atoms with Crippen LogP contribution in [0.15, 0.2) is 29.2 Å². The van der Waals surface area contributed by atoms with Gasteiger partial charge in [0.05, 0.1) is 19.0 Å². The van der Waals surface area contributed by atoms with Gasteiger partial charge in [-0.3, -0.25) is 4.79 Å². The fraction of sp³-hybridized carbons (Fsp3) is 0.500. The molecule has 0 bridgehead atoms. The number of amides is 1. The van der Waals surface area contributed by atoms with Crippen LogP contribution >= 0.6 is 11.8 Å². The second kappa shape index (κ2) is 7.40. The summed E-state index contributed by atoms with van der Waals surface area (Å²) in [4.78, 5) is 12.7. The lowest BCUT2D eigenvalue weighted by Crippen LogP contribution is -2.32. The molecule has 104 valence electrons. The number of benzene rings is 1. The Bertz CT molecular complexity index is 402. The van der Waals surface area contributed by atoms with E-state index in [4.69, 9.17) is 9.47 Å². The van der Waals surface area contributed by atoms with Gasteiger partial charge in [0.15, 0.2) is 0 Å². The SMILES string of the molecule is COc1ccc(SCC(=O)NCC2CCCO2)cc1. The molecule has 1 heterocycles. The zero-order chi connectivity index (χ0) is 13.5. The van der Waals surface area contributed by atoms with E-state index in [0.717, 1.165) is 30.1 Å². The van der Waals surface area contributed by atoms with Crippen LogP contribution in [0.3, 0.4) is 0 Å². The average Bonchev–Trinajstić information content (AvgIpc) is 2.96. The molecule has 0 radical (unpaired) electrons. The highest BCUT2D eigenvalue weighted by molar-refractivity contribution is 8.00. The highest BCUT2D eigenvalue weighted by Gasteiger charge is 2.15. The molecule has 1 fully saturated rings. The van der Waals surface area contributed by atoms with Gasteiger partial charge in [-0.25, -0.2) is 0 Å². The zero-order valence-electron chi connectivity index (χ0n) is 11.1. The fourth-order valence-electron chi connectivity index (χ4n) is 1.90. The number of methoxy groups -OCH3 is 1. The first-order valence-corrected chi connectivity index (χ1v) is 7.41. The number of ether oxygens (including phenoxy) is 2. The predicted molar refractivity (Wildman–Crippen MR) is 75.7 cm³/mol. The highest BCUT2D eigenvalue weighted by Crippen LogP contribution is 2.21. The van der Waals surface area contributed by atoms with Gasteiger partial charge in [0.1, 0.15) is 5.75 Å². The molecule has 1 amide bonds. The molecule has 1 aliphatic heterocycles. The predicted octanol–water partition coefficient (Wildman–Crippen LogP) is 2.08. The van der Waals surface area contributed by atoms with Crippen LogP contribution in [-0.2, 0) is 9.53 Å². The first-order valence-electron chi connectivity index (χ1n) is 6.43. The molecule has 2 rings (SSSR count). The van der Waals surface area contributed by atoms with Gasteiger partial charge in [-0.05, 0) is 37.1 Å². The molecule has 0 spiro atoms. The van der Waals surface area contributed by atoms with Crippen LogP contribution in [0, 0.1) is 0 Å². The van der Waals surface area contributed by atoms with Crippen LogP contribution in [0.5, 0.6) is 5.75 Å². The number of nitrogens with one attached hydrogen (secondary N) is 1. The van der Waals surface area contributed by atoms with Gasteiger partial charge in [0.2, 0.25) is 5.91 Å². The normalized spacial score (nSPS) is 18.3. The van der Waals surface area contributed by atoms with Crippen molar-refractivity contribution in [3.63, 3.8) is 0 Å². The van der Waals surface area contributed by atoms with Gasteiger partial charge in [0, 0.05) is 18.0 Å². The lowest BCUT2D eigenvalue weighted by Gasteiger charge is -2.10. The number of rotatable bonds is 6. The second-order valence-corrected chi connectivity index (χ2v) is 5.45. The molecule has 0 saturated carbocycles. The van der Waals surface area contributed by atoms with E-state index in [1.165, 1.54) is 11.8 Å². The lowest BCUT2D eigenvalue weighted by atomic mass is 10.2. The Hall–Kier alpha value is -1.20. The van der Waals surface area contributed by atoms with Crippen LogP contribution in [0.1, 0.15) is 12.8 Å². The average molecular weight is 281 g/mol. The molecule has 5 heteroatoms. The minimum atomic E-state index is 0.0521. The maximum absolute atomic E-state index is 11.7. The number of carbonyl (C=O) groups is 1. The highest BCUT2D eigenvalue weighted by atomic mass is 32.2. The van der Waals surface area contributed by atoms with E-state index < -0.39 is 0 Å². The summed E-state index contributed by atoms with van der Waals surface area (Å²) in [6, 6.07) is 7.70. The van der Waals surface area contributed by atoms with Crippen LogP contribution < -0.4 is 10.1 Å². The largest absolute Gasteiger partial charge is 0.497 e. The first-order chi connectivity index (χ1) is 9.28. The van der Waals surface area contributed by atoms with Crippen molar-refractivity contribution in [1.29, 1.82) is 0 Å². The molecule has 1 aliphatic rings. The smallest absolute Gasteiger partial charge is 0.230 e. The molecule has 1 N–H and O–H groups in total. The maximum Gasteiger partial charge on any atom is 0.230 e. The molecule has 19 heavy (non-hydrogen) atoms. The van der Waals surface area contributed by atoms with E-state index in [0.29, 0.717) is 12.3 Å². The van der Waals surface area contributed by atoms with Gasteiger partial charge in [-0.1, -0.05) is 0 Å². The van der Waals surface area contributed by atoms with Crippen molar-refractivity contribution in [3.05, 3.63) is 24.3 Å². The van der Waals surface area contributed by atoms with Gasteiger partial charge in [-0.2, -0.15) is 0 Å². The van der Waals surface area contributed by atoms with E-state index in [-0.39, 0.29) is 12.0 Å². The molecule has 1 unspecified atom stereocenters. The van der Waals surface area contributed by atoms with E-state index >= 15 is 0 Å². The minimum Gasteiger partial charge on any atom is -0.497 e. The molecule has 4 nitrogen and oxygen atoms in total. The third-order valence-corrected chi connectivity index (χ3v) is 3.99. The van der Waals surface area contributed by atoms with Crippen molar-refractivity contribution in [2.45, 2.75) is 23.8 Å². The Morgan fingerprint density at radius 2 is 2.26 bits per heavy atom. The number of thioether (sulfide) groups is 1. The second-order valence-electron chi connectivity index (χ2n) is 4.40. The topological polar surface area (TPSA) is 47.6 Å². The molecular weight excluding hydrogens is 262 g/mol. The van der Waals surface area contributed by atoms with Gasteiger partial charge in [0.25, 0.3) is 0 Å². The molecule has 0 aromatic heterocycles. The molecule has 1 aromatic carbocycles. The minimum absolute atomic E-state index is 0.0521. The first kappa shape index (κ1) is 14.2. The van der Waals surface area contributed by atoms with Crippen molar-refractivity contribution in [3.8, 4) is 5.75 Å². The fourth-order valence-corrected chi connectivity index (χ4v) is 2.63. The van der Waals surface area contributed by atoms with Crippen LogP contribution in [-0.4, -0.2) is 38.0 Å². The molecule has 1 aromatic rings. The number of hydrogen-bond acceptors (Lipinski definition) is 4. The van der Waals surface area contributed by atoms with Crippen molar-refractivity contribution in [2.75, 3.05) is 26.0 Å². The zero-order valence-corrected chi connectivity index (χ0v) is 11.9. The molecule has 1 atom stereocenters. The summed E-state index contributed by atoms with van der Waals surface area (Å²) in [7, 11) is 1.64. The summed E-state index contributed by atoms with van der Waals surface area (Å²) in [6.07, 6.45) is 2.35. The Kier molecular flexibility index (Phi) is 5.54. The third-order valence-electron chi connectivity index (χ3n) is 2.98. The Labute approximate surface area is 117 Å². The summed E-state index contributed by atoms with van der Waals surface area (Å²) in [5.41, 5.74) is 0. The van der Waals surface area contributed by atoms with Crippen LogP contribution in [0.25, 0.3) is 0 Å². The van der Waals surface area contributed by atoms with Crippen LogP contribution in [0.2, 0.25) is 0 Å². The molecule has 0 aliphatic carbocycles. The van der Waals surface area contributed by atoms with Crippen molar-refractivity contribution >= 4 is 17.7 Å². The van der Waals surface area contributed by atoms with Crippen LogP contribution in [0.4, 0.5) is 0 Å². The van der Waals surface area contributed by atoms with E-state index in [1.807, 2.05) is 24.3 Å². The standard InChI is InChI=1S/C14H19NO3S/c1-17-11-4-6-13(7-5-11)19-10-14(16)15-9-12-3-2-8-18-12/h4-7,12H,2-3,8-10H2,1H3,(H,15,16). The summed E-state index contributed by atoms with van der Waals surface area (Å²) >= 11 is 1.52. The van der Waals surface area contributed by atoms with E-state index in [1.54, 1.807) is 7.11 Å². The Balaban J connectivity index is 1.67. The molecule has 1 saturated heterocycles. The Morgan fingerprint density at radius 3 is 2.89 bits per heavy atom. The van der Waals surface area contributed by atoms with Gasteiger partial charge < -0.3 is 14.8 Å². The van der Waals surface area contributed by atoms with E-state index in [2.05, 4.69) is 5.32 Å². The maximum atomic E-state index is 11.7. The van der Waals surface area contributed by atoms with E-state index in [9.17, 15) is 4.79 Å².